The molecule has 5 nitrogen and oxygen atoms in total. The van der Waals surface area contributed by atoms with Gasteiger partial charge in [-0.15, -0.1) is 5.10 Å². The van der Waals surface area contributed by atoms with E-state index in [1.54, 1.807) is 6.92 Å². The third kappa shape index (κ3) is 2.40. The van der Waals surface area contributed by atoms with E-state index >= 15 is 0 Å². The maximum atomic E-state index is 9.84. The molecule has 0 saturated carbocycles. The standard InChI is InChI=1S/C10H17N3O2S/c1-7-8(16-12-11-7)5-13-4-3-10(2,15)9(14)6-13/h9,14-15H,3-6H2,1-2H3/t9-,10+/m0/s1. The van der Waals surface area contributed by atoms with Gasteiger partial charge in [0.15, 0.2) is 0 Å². The van der Waals surface area contributed by atoms with Crippen molar-refractivity contribution in [3.63, 3.8) is 0 Å². The normalized spacial score (nSPS) is 31.9. The highest BCUT2D eigenvalue weighted by Gasteiger charge is 2.36. The molecule has 1 aliphatic heterocycles. The molecule has 2 rings (SSSR count). The van der Waals surface area contributed by atoms with Crippen molar-refractivity contribution in [1.29, 1.82) is 0 Å². The maximum absolute atomic E-state index is 9.84. The smallest absolute Gasteiger partial charge is 0.0951 e. The fourth-order valence-electron chi connectivity index (χ4n) is 1.83. The van der Waals surface area contributed by atoms with Gasteiger partial charge in [-0.1, -0.05) is 4.49 Å². The number of nitrogens with zero attached hydrogens (tertiary/aromatic N) is 3. The van der Waals surface area contributed by atoms with Crippen molar-refractivity contribution in [2.45, 2.75) is 38.5 Å². The van der Waals surface area contributed by atoms with Crippen LogP contribution in [0.4, 0.5) is 0 Å². The van der Waals surface area contributed by atoms with E-state index in [1.807, 2.05) is 6.92 Å². The number of hydrogen-bond donors (Lipinski definition) is 2. The van der Waals surface area contributed by atoms with Crippen LogP contribution in [0, 0.1) is 6.92 Å². The van der Waals surface area contributed by atoms with Crippen LogP contribution in [0.25, 0.3) is 0 Å². The lowest BCUT2D eigenvalue weighted by atomic mass is 9.91. The van der Waals surface area contributed by atoms with Gasteiger partial charge in [0.1, 0.15) is 0 Å². The van der Waals surface area contributed by atoms with Gasteiger partial charge in [0.25, 0.3) is 0 Å². The predicted octanol–water partition coefficient (Wildman–Crippen LogP) is 0.164. The van der Waals surface area contributed by atoms with E-state index < -0.39 is 11.7 Å². The Bertz CT molecular complexity index is 367. The fraction of sp³-hybridized carbons (Fsp3) is 0.800. The Labute approximate surface area is 98.9 Å². The second kappa shape index (κ2) is 4.37. The van der Waals surface area contributed by atoms with Crippen LogP contribution in [-0.4, -0.2) is 49.5 Å². The van der Waals surface area contributed by atoms with Gasteiger partial charge in [0, 0.05) is 19.6 Å². The molecular weight excluding hydrogens is 226 g/mol. The number of aromatic nitrogens is 2. The number of rotatable bonds is 2. The van der Waals surface area contributed by atoms with Crippen molar-refractivity contribution in [3.05, 3.63) is 10.6 Å². The Morgan fingerprint density at radius 2 is 2.38 bits per heavy atom. The second-order valence-electron chi connectivity index (χ2n) is 4.64. The average molecular weight is 243 g/mol. The van der Waals surface area contributed by atoms with Gasteiger partial charge >= 0.3 is 0 Å². The van der Waals surface area contributed by atoms with E-state index in [0.29, 0.717) is 13.0 Å². The van der Waals surface area contributed by atoms with Crippen molar-refractivity contribution in [3.8, 4) is 0 Å². The lowest BCUT2D eigenvalue weighted by molar-refractivity contribution is -0.108. The summed E-state index contributed by atoms with van der Waals surface area (Å²) in [5.74, 6) is 0. The largest absolute Gasteiger partial charge is 0.389 e. The Hall–Kier alpha value is -0.560. The molecule has 2 atom stereocenters. The minimum atomic E-state index is -0.947. The van der Waals surface area contributed by atoms with Crippen LogP contribution in [0.15, 0.2) is 0 Å². The summed E-state index contributed by atoms with van der Waals surface area (Å²) in [4.78, 5) is 3.26. The summed E-state index contributed by atoms with van der Waals surface area (Å²) in [6.07, 6.45) is -0.0816. The zero-order valence-corrected chi connectivity index (χ0v) is 10.4. The minimum absolute atomic E-state index is 0.504. The van der Waals surface area contributed by atoms with Gasteiger partial charge in [-0.2, -0.15) is 0 Å². The molecule has 0 spiro atoms. The van der Waals surface area contributed by atoms with E-state index in [2.05, 4.69) is 14.5 Å². The molecule has 2 N–H and O–H groups in total. The molecule has 0 bridgehead atoms. The predicted molar refractivity (Wildman–Crippen MR) is 61.2 cm³/mol. The highest BCUT2D eigenvalue weighted by molar-refractivity contribution is 7.05. The molecule has 16 heavy (non-hydrogen) atoms. The summed E-state index contributed by atoms with van der Waals surface area (Å²) in [5, 5.41) is 23.6. The van der Waals surface area contributed by atoms with Crippen LogP contribution >= 0.6 is 11.5 Å². The SMILES string of the molecule is Cc1nnsc1CN1CC[C@@](C)(O)[C@@H](O)C1. The van der Waals surface area contributed by atoms with Gasteiger partial charge in [-0.05, 0) is 31.8 Å². The maximum Gasteiger partial charge on any atom is 0.0951 e. The van der Waals surface area contributed by atoms with E-state index in [9.17, 15) is 10.2 Å². The van der Waals surface area contributed by atoms with Crippen molar-refractivity contribution < 1.29 is 10.2 Å². The number of aliphatic hydroxyl groups excluding tert-OH is 1. The van der Waals surface area contributed by atoms with Crippen molar-refractivity contribution in [2.24, 2.45) is 0 Å². The van der Waals surface area contributed by atoms with E-state index in [4.69, 9.17) is 0 Å². The van der Waals surface area contributed by atoms with E-state index in [-0.39, 0.29) is 0 Å². The molecule has 1 aliphatic rings. The third-order valence-electron chi connectivity index (χ3n) is 3.20. The molecule has 0 amide bonds. The molecule has 2 heterocycles. The van der Waals surface area contributed by atoms with Crippen LogP contribution in [0.5, 0.6) is 0 Å². The molecule has 6 heteroatoms. The Balaban J connectivity index is 1.96. The average Bonchev–Trinajstić information content (AvgIpc) is 2.59. The molecule has 0 radical (unpaired) electrons. The first-order valence-corrected chi connectivity index (χ1v) is 6.17. The summed E-state index contributed by atoms with van der Waals surface area (Å²) >= 11 is 1.40. The van der Waals surface area contributed by atoms with Crippen LogP contribution in [-0.2, 0) is 6.54 Å². The lowest BCUT2D eigenvalue weighted by Crippen LogP contribution is -2.53. The first-order valence-electron chi connectivity index (χ1n) is 5.39. The summed E-state index contributed by atoms with van der Waals surface area (Å²) in [6.45, 7) is 5.69. The lowest BCUT2D eigenvalue weighted by Gasteiger charge is -2.39. The zero-order valence-electron chi connectivity index (χ0n) is 9.55. The molecule has 0 unspecified atom stereocenters. The number of hydrogen-bond acceptors (Lipinski definition) is 6. The molecule has 1 aromatic rings. The van der Waals surface area contributed by atoms with Gasteiger partial charge < -0.3 is 10.2 Å². The summed E-state index contributed by atoms with van der Waals surface area (Å²) in [7, 11) is 0. The zero-order chi connectivity index (χ0) is 11.8. The van der Waals surface area contributed by atoms with Gasteiger partial charge in [-0.3, -0.25) is 4.90 Å². The number of β-amino-alcohol motifs (C(OH)–C–C–N with tert-alkyl or cyclic N) is 1. The van der Waals surface area contributed by atoms with Crippen LogP contribution < -0.4 is 0 Å². The molecule has 90 valence electrons. The first-order chi connectivity index (χ1) is 7.49. The van der Waals surface area contributed by atoms with E-state index in [1.165, 1.54) is 11.5 Å². The minimum Gasteiger partial charge on any atom is -0.389 e. The quantitative estimate of drug-likeness (QED) is 0.774. The Kier molecular flexibility index (Phi) is 3.25. The van der Waals surface area contributed by atoms with Crippen molar-refractivity contribution >= 4 is 11.5 Å². The summed E-state index contributed by atoms with van der Waals surface area (Å²) in [5.41, 5.74) is 0.00846. The topological polar surface area (TPSA) is 69.5 Å². The van der Waals surface area contributed by atoms with Gasteiger partial charge in [-0.25, -0.2) is 0 Å². The highest BCUT2D eigenvalue weighted by Crippen LogP contribution is 2.24. The van der Waals surface area contributed by atoms with Gasteiger partial charge in [0.2, 0.25) is 0 Å². The van der Waals surface area contributed by atoms with E-state index in [0.717, 1.165) is 23.7 Å². The Morgan fingerprint density at radius 1 is 1.62 bits per heavy atom. The monoisotopic (exact) mass is 243 g/mol. The van der Waals surface area contributed by atoms with Crippen molar-refractivity contribution in [2.75, 3.05) is 13.1 Å². The molecular formula is C10H17N3O2S. The molecule has 0 aromatic carbocycles. The molecule has 1 saturated heterocycles. The molecule has 0 aliphatic carbocycles. The molecule has 1 fully saturated rings. The Morgan fingerprint density at radius 3 is 2.94 bits per heavy atom. The van der Waals surface area contributed by atoms with Crippen LogP contribution in [0.1, 0.15) is 23.9 Å². The number of aliphatic hydroxyl groups is 2. The summed E-state index contributed by atoms with van der Waals surface area (Å²) in [6, 6.07) is 0. The third-order valence-corrected chi connectivity index (χ3v) is 4.00. The number of aryl methyl sites for hydroxylation is 1. The van der Waals surface area contributed by atoms with Crippen molar-refractivity contribution in [1.82, 2.24) is 14.5 Å². The highest BCUT2D eigenvalue weighted by atomic mass is 32.1. The second-order valence-corrected chi connectivity index (χ2v) is 5.48. The van der Waals surface area contributed by atoms with Crippen LogP contribution in [0.2, 0.25) is 0 Å². The molecule has 1 aromatic heterocycles. The fourth-order valence-corrected chi connectivity index (χ4v) is 2.50. The number of likely N-dealkylation sites (tertiary alicyclic amines) is 1. The first kappa shape index (κ1) is 11.9. The summed E-state index contributed by atoms with van der Waals surface area (Å²) < 4.78 is 3.89. The number of piperidine rings is 1. The van der Waals surface area contributed by atoms with Gasteiger partial charge in [0.05, 0.1) is 22.3 Å². The van der Waals surface area contributed by atoms with Crippen LogP contribution in [0.3, 0.4) is 0 Å².